The summed E-state index contributed by atoms with van der Waals surface area (Å²) in [7, 11) is 0. The summed E-state index contributed by atoms with van der Waals surface area (Å²) >= 11 is 0. The highest BCUT2D eigenvalue weighted by molar-refractivity contribution is 5.40. The van der Waals surface area contributed by atoms with Crippen molar-refractivity contribution in [2.75, 3.05) is 0 Å². The van der Waals surface area contributed by atoms with Gasteiger partial charge in [0.15, 0.2) is 0 Å². The minimum Gasteiger partial charge on any atom is -0.872 e. The number of hydrogen-bond donors (Lipinski definition) is 0. The smallest absolute Gasteiger partial charge is 0.123 e. The second-order valence-corrected chi connectivity index (χ2v) is 9.63. The van der Waals surface area contributed by atoms with Crippen molar-refractivity contribution < 1.29 is 9.50 Å². The van der Waals surface area contributed by atoms with E-state index in [1.54, 1.807) is 24.8 Å². The number of nitrogens with zero attached hydrogens (tertiary/aromatic N) is 6. The van der Waals surface area contributed by atoms with Crippen LogP contribution in [0.2, 0.25) is 0 Å². The quantitative estimate of drug-likeness (QED) is 0.226. The molecular formula is C32H30FN6O-. The van der Waals surface area contributed by atoms with E-state index in [0.717, 1.165) is 22.8 Å². The highest BCUT2D eigenvalue weighted by atomic mass is 19.1. The van der Waals surface area contributed by atoms with Crippen molar-refractivity contribution >= 4 is 0 Å². The van der Waals surface area contributed by atoms with Gasteiger partial charge >= 0.3 is 0 Å². The Morgan fingerprint density at radius 1 is 0.500 bits per heavy atom. The fraction of sp³-hybridized carbons (Fsp3) is 0.188. The Morgan fingerprint density at radius 2 is 0.825 bits per heavy atom. The summed E-state index contributed by atoms with van der Waals surface area (Å²) < 4.78 is 15.0. The lowest BCUT2D eigenvalue weighted by Gasteiger charge is -2.28. The van der Waals surface area contributed by atoms with Gasteiger partial charge in [0.1, 0.15) is 5.82 Å². The lowest BCUT2D eigenvalue weighted by atomic mass is 10.1. The van der Waals surface area contributed by atoms with Gasteiger partial charge < -0.3 is 5.11 Å². The van der Waals surface area contributed by atoms with E-state index in [0.29, 0.717) is 37.3 Å². The maximum atomic E-state index is 15.0. The summed E-state index contributed by atoms with van der Waals surface area (Å²) in [5.41, 5.74) is 4.24. The van der Waals surface area contributed by atoms with Crippen molar-refractivity contribution in [1.82, 2.24) is 29.7 Å². The third-order valence-electron chi connectivity index (χ3n) is 6.44. The topological polar surface area (TPSA) is 81.1 Å². The molecule has 1 aromatic carbocycles. The molecule has 202 valence electrons. The molecule has 0 radical (unpaired) electrons. The van der Waals surface area contributed by atoms with Crippen molar-refractivity contribution in [3.8, 4) is 5.75 Å². The molecule has 5 aromatic rings. The first kappa shape index (κ1) is 27.1. The number of aromatic nitrogens is 4. The van der Waals surface area contributed by atoms with E-state index in [4.69, 9.17) is 0 Å². The molecule has 0 spiro atoms. The normalized spacial score (nSPS) is 11.3. The van der Waals surface area contributed by atoms with Crippen LogP contribution in [-0.2, 0) is 39.3 Å². The molecule has 0 aliphatic rings. The number of halogens is 1. The average Bonchev–Trinajstić information content (AvgIpc) is 2.97. The van der Waals surface area contributed by atoms with Crippen LogP contribution in [0.3, 0.4) is 0 Å². The molecule has 0 saturated heterocycles. The van der Waals surface area contributed by atoms with E-state index >= 15 is 0 Å². The summed E-state index contributed by atoms with van der Waals surface area (Å²) in [4.78, 5) is 21.9. The predicted octanol–water partition coefficient (Wildman–Crippen LogP) is 4.88. The zero-order chi connectivity index (χ0) is 27.6. The van der Waals surface area contributed by atoms with Crippen LogP contribution in [0, 0.1) is 5.82 Å². The summed E-state index contributed by atoms with van der Waals surface area (Å²) in [6.07, 6.45) is 6.97. The second kappa shape index (κ2) is 13.5. The molecule has 0 amide bonds. The van der Waals surface area contributed by atoms with E-state index in [1.807, 2.05) is 72.8 Å². The highest BCUT2D eigenvalue weighted by Crippen LogP contribution is 2.26. The monoisotopic (exact) mass is 533 g/mol. The first-order valence-electron chi connectivity index (χ1n) is 13.1. The van der Waals surface area contributed by atoms with Gasteiger partial charge in [-0.1, -0.05) is 30.0 Å². The van der Waals surface area contributed by atoms with Crippen LogP contribution in [0.4, 0.5) is 4.39 Å². The van der Waals surface area contributed by atoms with Gasteiger partial charge in [-0.25, -0.2) is 4.39 Å². The molecule has 0 N–H and O–H groups in total. The molecule has 0 aliphatic carbocycles. The predicted molar refractivity (Wildman–Crippen MR) is 149 cm³/mol. The number of benzene rings is 1. The minimum absolute atomic E-state index is 0.166. The van der Waals surface area contributed by atoms with Gasteiger partial charge in [0.05, 0.1) is 22.8 Å². The summed E-state index contributed by atoms with van der Waals surface area (Å²) in [6, 6.07) is 25.6. The third kappa shape index (κ3) is 7.75. The van der Waals surface area contributed by atoms with Crippen LogP contribution in [0.5, 0.6) is 5.75 Å². The van der Waals surface area contributed by atoms with E-state index in [2.05, 4.69) is 29.7 Å². The maximum Gasteiger partial charge on any atom is 0.123 e. The van der Waals surface area contributed by atoms with Gasteiger partial charge in [-0.2, -0.15) is 0 Å². The van der Waals surface area contributed by atoms with Crippen LogP contribution in [0.1, 0.15) is 33.9 Å². The van der Waals surface area contributed by atoms with Crippen molar-refractivity contribution in [2.45, 2.75) is 39.3 Å². The van der Waals surface area contributed by atoms with Gasteiger partial charge in [-0.3, -0.25) is 29.7 Å². The van der Waals surface area contributed by atoms with Gasteiger partial charge in [-0.05, 0) is 71.8 Å². The van der Waals surface area contributed by atoms with E-state index in [1.165, 1.54) is 12.1 Å². The first-order chi connectivity index (χ1) is 19.6. The van der Waals surface area contributed by atoms with Crippen molar-refractivity contribution in [2.24, 2.45) is 0 Å². The Kier molecular flexibility index (Phi) is 9.13. The van der Waals surface area contributed by atoms with Crippen molar-refractivity contribution in [3.63, 3.8) is 0 Å². The average molecular weight is 534 g/mol. The lowest BCUT2D eigenvalue weighted by molar-refractivity contribution is -0.271. The molecular weight excluding hydrogens is 503 g/mol. The molecule has 4 heterocycles. The maximum absolute atomic E-state index is 15.0. The Hall–Kier alpha value is -4.53. The van der Waals surface area contributed by atoms with Crippen LogP contribution in [0.25, 0.3) is 0 Å². The number of rotatable bonds is 12. The molecule has 8 heteroatoms. The highest BCUT2D eigenvalue weighted by Gasteiger charge is 2.16. The zero-order valence-corrected chi connectivity index (χ0v) is 22.1. The molecule has 0 fully saturated rings. The van der Waals surface area contributed by atoms with Gasteiger partial charge in [0.25, 0.3) is 0 Å². The van der Waals surface area contributed by atoms with Crippen molar-refractivity contribution in [1.29, 1.82) is 0 Å². The van der Waals surface area contributed by atoms with Crippen LogP contribution in [0.15, 0.2) is 110 Å². The van der Waals surface area contributed by atoms with Crippen LogP contribution in [-0.4, -0.2) is 29.7 Å². The summed E-state index contributed by atoms with van der Waals surface area (Å²) in [6.45, 7) is 2.50. The molecule has 0 bridgehead atoms. The van der Waals surface area contributed by atoms with Crippen molar-refractivity contribution in [3.05, 3.63) is 149 Å². The standard InChI is InChI=1S/C32H31FN6O/c33-27-17-25(19-38(21-28-9-1-5-13-34-28)22-29-10-2-6-14-35-29)32(40)26(18-27)20-39(23-30-11-3-7-15-36-30)24-31-12-4-8-16-37-31/h1-18,40H,19-24H2/p-1. The fourth-order valence-electron chi connectivity index (χ4n) is 4.65. The first-order valence-corrected chi connectivity index (χ1v) is 13.1. The lowest BCUT2D eigenvalue weighted by Crippen LogP contribution is -2.26. The molecule has 0 aliphatic heterocycles. The Labute approximate surface area is 233 Å². The Balaban J connectivity index is 1.40. The van der Waals surface area contributed by atoms with Gasteiger partial charge in [-0.15, -0.1) is 0 Å². The number of hydrogen-bond acceptors (Lipinski definition) is 7. The molecule has 7 nitrogen and oxygen atoms in total. The molecule has 5 rings (SSSR count). The molecule has 4 aromatic heterocycles. The summed E-state index contributed by atoms with van der Waals surface area (Å²) in [5.74, 6) is -0.601. The molecule has 0 unspecified atom stereocenters. The molecule has 0 saturated carbocycles. The zero-order valence-electron chi connectivity index (χ0n) is 22.1. The second-order valence-electron chi connectivity index (χ2n) is 9.63. The SMILES string of the molecule is [O-]c1c(CN(Cc2ccccn2)Cc2ccccn2)cc(F)cc1CN(Cc1ccccn1)Cc1ccccn1. The third-order valence-corrected chi connectivity index (χ3v) is 6.44. The van der Waals surface area contributed by atoms with Gasteiger partial charge in [0, 0.05) is 64.1 Å². The Bertz CT molecular complexity index is 1280. The molecule has 0 atom stereocenters. The largest absolute Gasteiger partial charge is 0.872 e. The fourth-order valence-corrected chi connectivity index (χ4v) is 4.65. The Morgan fingerprint density at radius 3 is 1.10 bits per heavy atom. The minimum atomic E-state index is -0.434. The van der Waals surface area contributed by atoms with E-state index < -0.39 is 5.82 Å². The number of pyridine rings is 4. The van der Waals surface area contributed by atoms with Gasteiger partial charge in [0.2, 0.25) is 0 Å². The summed E-state index contributed by atoms with van der Waals surface area (Å²) in [5, 5.41) is 13.7. The van der Waals surface area contributed by atoms with Crippen LogP contribution < -0.4 is 5.11 Å². The van der Waals surface area contributed by atoms with E-state index in [9.17, 15) is 9.50 Å². The molecule has 40 heavy (non-hydrogen) atoms. The van der Waals surface area contributed by atoms with E-state index in [-0.39, 0.29) is 18.8 Å². The van der Waals surface area contributed by atoms with Crippen LogP contribution >= 0.6 is 0 Å².